The molecule has 0 nitrogen and oxygen atoms in total. The van der Waals surface area contributed by atoms with Crippen LogP contribution < -0.4 is 0 Å². The van der Waals surface area contributed by atoms with Gasteiger partial charge in [0, 0.05) is 0 Å². The van der Waals surface area contributed by atoms with Crippen molar-refractivity contribution in [3.63, 3.8) is 0 Å². The van der Waals surface area contributed by atoms with Crippen LogP contribution in [0.2, 0.25) is 0 Å². The highest BCUT2D eigenvalue weighted by Crippen LogP contribution is 2.49. The molecule has 0 amide bonds. The maximum Gasteiger partial charge on any atom is 0.162 e. The van der Waals surface area contributed by atoms with E-state index in [0.717, 1.165) is 61.8 Å². The van der Waals surface area contributed by atoms with Gasteiger partial charge in [-0.2, -0.15) is 0 Å². The van der Waals surface area contributed by atoms with Gasteiger partial charge in [-0.05, 0) is 97.6 Å². The fourth-order valence-electron chi connectivity index (χ4n) is 6.79. The van der Waals surface area contributed by atoms with Crippen molar-refractivity contribution in [3.8, 4) is 0 Å². The molecular formula is C27H40F2. The average molecular weight is 403 g/mol. The molecule has 162 valence electrons. The molecule has 0 heterocycles. The fraction of sp³-hybridized carbons (Fsp3) is 0.778. The van der Waals surface area contributed by atoms with Gasteiger partial charge in [0.2, 0.25) is 0 Å². The van der Waals surface area contributed by atoms with E-state index in [2.05, 4.69) is 19.9 Å². The molecule has 2 heteroatoms. The predicted molar refractivity (Wildman–Crippen MR) is 117 cm³/mol. The minimum Gasteiger partial charge on any atom is -0.203 e. The van der Waals surface area contributed by atoms with Crippen molar-refractivity contribution in [2.45, 2.75) is 110 Å². The van der Waals surface area contributed by atoms with Crippen molar-refractivity contribution in [3.05, 3.63) is 34.4 Å². The Hall–Kier alpha value is -0.920. The monoisotopic (exact) mass is 402 g/mol. The van der Waals surface area contributed by atoms with Gasteiger partial charge in [0.05, 0.1) is 0 Å². The number of rotatable bonds is 6. The number of hydrogen-bond acceptors (Lipinski definition) is 0. The topological polar surface area (TPSA) is 0 Å². The second kappa shape index (κ2) is 9.48. The van der Waals surface area contributed by atoms with E-state index in [1.165, 1.54) is 51.4 Å². The van der Waals surface area contributed by atoms with Crippen LogP contribution in [0.15, 0.2) is 6.07 Å². The van der Waals surface area contributed by atoms with Gasteiger partial charge in [-0.1, -0.05) is 58.4 Å². The summed E-state index contributed by atoms with van der Waals surface area (Å²) in [5.74, 6) is 2.21. The Balaban J connectivity index is 1.43. The third-order valence-corrected chi connectivity index (χ3v) is 8.70. The highest BCUT2D eigenvalue weighted by atomic mass is 19.2. The van der Waals surface area contributed by atoms with Crippen molar-refractivity contribution in [2.75, 3.05) is 0 Å². The van der Waals surface area contributed by atoms with Gasteiger partial charge in [-0.3, -0.25) is 0 Å². The average Bonchev–Trinajstić information content (AvgIpc) is 2.76. The molecule has 1 aromatic rings. The molecule has 0 aliphatic heterocycles. The molecule has 0 radical (unpaired) electrons. The largest absolute Gasteiger partial charge is 0.203 e. The lowest BCUT2D eigenvalue weighted by atomic mass is 9.63. The number of aryl methyl sites for hydroxylation is 1. The van der Waals surface area contributed by atoms with E-state index in [-0.39, 0.29) is 5.92 Å². The lowest BCUT2D eigenvalue weighted by Crippen LogP contribution is -2.31. The van der Waals surface area contributed by atoms with Crippen LogP contribution in [0.5, 0.6) is 0 Å². The van der Waals surface area contributed by atoms with Crippen LogP contribution in [0.3, 0.4) is 0 Å². The van der Waals surface area contributed by atoms with Crippen LogP contribution >= 0.6 is 0 Å². The first-order chi connectivity index (χ1) is 14.1. The van der Waals surface area contributed by atoms with Gasteiger partial charge in [-0.25, -0.2) is 8.78 Å². The summed E-state index contributed by atoms with van der Waals surface area (Å²) in [6.07, 6.45) is 16.7. The van der Waals surface area contributed by atoms with E-state index < -0.39 is 11.6 Å². The zero-order chi connectivity index (χ0) is 20.4. The maximum atomic E-state index is 15.1. The first-order valence-corrected chi connectivity index (χ1v) is 12.6. The summed E-state index contributed by atoms with van der Waals surface area (Å²) in [4.78, 5) is 0. The van der Waals surface area contributed by atoms with Gasteiger partial charge < -0.3 is 0 Å². The smallest absolute Gasteiger partial charge is 0.162 e. The van der Waals surface area contributed by atoms with Crippen molar-refractivity contribution in [1.82, 2.24) is 0 Å². The van der Waals surface area contributed by atoms with E-state index in [9.17, 15) is 4.39 Å². The first-order valence-electron chi connectivity index (χ1n) is 12.6. The molecule has 1 aromatic carbocycles. The number of benzene rings is 1. The molecule has 2 saturated carbocycles. The van der Waals surface area contributed by atoms with Gasteiger partial charge in [-0.15, -0.1) is 0 Å². The summed E-state index contributed by atoms with van der Waals surface area (Å²) < 4.78 is 30.1. The molecule has 0 bridgehead atoms. The highest BCUT2D eigenvalue weighted by molar-refractivity contribution is 5.38. The molecule has 0 spiro atoms. The Morgan fingerprint density at radius 1 is 0.862 bits per heavy atom. The SMILES string of the molecule is CCCCCC1CCC2CC(c3cc4c(c(F)c3F)CC(CC)CC4)CCC2C1. The normalized spacial score (nSPS) is 31.9. The molecule has 0 aromatic heterocycles. The van der Waals surface area contributed by atoms with E-state index >= 15 is 4.39 Å². The standard InChI is InChI=1S/C27H40F2/c1-3-5-6-7-19-9-10-21-16-22(13-12-20(21)14-19)25-17-23-11-8-18(4-2)15-24(23)26(28)27(25)29/h17-22H,3-16H2,1-2H3. The first kappa shape index (κ1) is 21.3. The van der Waals surface area contributed by atoms with E-state index in [1.807, 2.05) is 0 Å². The second-order valence-electron chi connectivity index (χ2n) is 10.5. The third kappa shape index (κ3) is 4.57. The minimum absolute atomic E-state index is 0.233. The second-order valence-corrected chi connectivity index (χ2v) is 10.5. The number of hydrogen-bond donors (Lipinski definition) is 0. The van der Waals surface area contributed by atoms with E-state index in [1.54, 1.807) is 0 Å². The molecule has 0 saturated heterocycles. The lowest BCUT2D eigenvalue weighted by Gasteiger charge is -2.42. The third-order valence-electron chi connectivity index (χ3n) is 8.70. The minimum atomic E-state index is -0.516. The predicted octanol–water partition coefficient (Wildman–Crippen LogP) is 8.36. The van der Waals surface area contributed by atoms with E-state index in [4.69, 9.17) is 0 Å². The van der Waals surface area contributed by atoms with Crippen molar-refractivity contribution in [1.29, 1.82) is 0 Å². The van der Waals surface area contributed by atoms with Crippen molar-refractivity contribution < 1.29 is 8.78 Å². The van der Waals surface area contributed by atoms with Crippen LogP contribution in [0.1, 0.15) is 114 Å². The van der Waals surface area contributed by atoms with Crippen molar-refractivity contribution >= 4 is 0 Å². The van der Waals surface area contributed by atoms with Crippen LogP contribution in [0.4, 0.5) is 8.78 Å². The van der Waals surface area contributed by atoms with Gasteiger partial charge >= 0.3 is 0 Å². The summed E-state index contributed by atoms with van der Waals surface area (Å²) >= 11 is 0. The lowest BCUT2D eigenvalue weighted by molar-refractivity contribution is 0.112. The molecule has 3 aliphatic carbocycles. The van der Waals surface area contributed by atoms with Gasteiger partial charge in [0.15, 0.2) is 11.6 Å². The van der Waals surface area contributed by atoms with Crippen LogP contribution in [0, 0.1) is 35.3 Å². The van der Waals surface area contributed by atoms with E-state index in [0.29, 0.717) is 17.0 Å². The molecule has 5 atom stereocenters. The zero-order valence-electron chi connectivity index (χ0n) is 18.6. The summed E-state index contributed by atoms with van der Waals surface area (Å²) in [5, 5.41) is 0. The molecule has 5 unspecified atom stereocenters. The Labute approximate surface area is 176 Å². The zero-order valence-corrected chi connectivity index (χ0v) is 18.6. The Kier molecular flexibility index (Phi) is 6.97. The molecule has 29 heavy (non-hydrogen) atoms. The van der Waals surface area contributed by atoms with Crippen LogP contribution in [-0.2, 0) is 12.8 Å². The number of unbranched alkanes of at least 4 members (excludes halogenated alkanes) is 2. The summed E-state index contributed by atoms with van der Waals surface area (Å²) in [6, 6.07) is 2.07. The van der Waals surface area contributed by atoms with Crippen molar-refractivity contribution in [2.24, 2.45) is 23.7 Å². The fourth-order valence-corrected chi connectivity index (χ4v) is 6.79. The van der Waals surface area contributed by atoms with Gasteiger partial charge in [0.25, 0.3) is 0 Å². The van der Waals surface area contributed by atoms with Gasteiger partial charge in [0.1, 0.15) is 0 Å². The molecule has 3 aliphatic rings. The number of halogens is 2. The van der Waals surface area contributed by atoms with Crippen LogP contribution in [-0.4, -0.2) is 0 Å². The van der Waals surface area contributed by atoms with Crippen LogP contribution in [0.25, 0.3) is 0 Å². The molecule has 0 N–H and O–H groups in total. The Morgan fingerprint density at radius 3 is 2.45 bits per heavy atom. The summed E-state index contributed by atoms with van der Waals surface area (Å²) in [5.41, 5.74) is 2.50. The molecular weight excluding hydrogens is 362 g/mol. The number of fused-ring (bicyclic) bond motifs is 2. The summed E-state index contributed by atoms with van der Waals surface area (Å²) in [7, 11) is 0. The molecule has 4 rings (SSSR count). The summed E-state index contributed by atoms with van der Waals surface area (Å²) in [6.45, 7) is 4.44. The highest BCUT2D eigenvalue weighted by Gasteiger charge is 2.37. The Morgan fingerprint density at radius 2 is 1.66 bits per heavy atom. The quantitative estimate of drug-likeness (QED) is 0.419. The Bertz CT molecular complexity index is 694. The maximum absolute atomic E-state index is 15.1. The molecule has 2 fully saturated rings.